The Hall–Kier alpha value is -0.900. The molecule has 0 bridgehead atoms. The number of nitrogens with one attached hydrogen (secondary N) is 1. The molecule has 3 heteroatoms. The van der Waals surface area contributed by atoms with E-state index in [2.05, 4.69) is 63.4 Å². The Labute approximate surface area is 129 Å². The fourth-order valence-electron chi connectivity index (χ4n) is 4.10. The zero-order valence-electron chi connectivity index (χ0n) is 14.2. The topological polar surface area (TPSA) is 41.3 Å². The lowest BCUT2D eigenvalue weighted by atomic mass is 9.69. The van der Waals surface area contributed by atoms with E-state index in [0.29, 0.717) is 0 Å². The third-order valence-electron chi connectivity index (χ3n) is 5.35. The zero-order valence-corrected chi connectivity index (χ0v) is 14.2. The molecule has 1 aliphatic rings. The van der Waals surface area contributed by atoms with E-state index in [1.54, 1.807) is 0 Å². The highest BCUT2D eigenvalue weighted by molar-refractivity contribution is 5.35. The summed E-state index contributed by atoms with van der Waals surface area (Å²) in [7, 11) is 4.40. The summed E-state index contributed by atoms with van der Waals surface area (Å²) in [5, 5.41) is 0. The third kappa shape index (κ3) is 3.15. The summed E-state index contributed by atoms with van der Waals surface area (Å²) in [5.41, 5.74) is 7.23. The highest BCUT2D eigenvalue weighted by Crippen LogP contribution is 2.44. The Balaban J connectivity index is 2.47. The van der Waals surface area contributed by atoms with Gasteiger partial charge in [-0.15, -0.1) is 0 Å². The van der Waals surface area contributed by atoms with Crippen molar-refractivity contribution in [1.82, 2.24) is 10.3 Å². The lowest BCUT2D eigenvalue weighted by molar-refractivity contribution is 0.0364. The van der Waals surface area contributed by atoms with E-state index in [9.17, 15) is 0 Å². The van der Waals surface area contributed by atoms with Gasteiger partial charge in [0.15, 0.2) is 0 Å². The molecule has 0 spiro atoms. The van der Waals surface area contributed by atoms with Crippen LogP contribution in [0, 0.1) is 19.8 Å². The van der Waals surface area contributed by atoms with Crippen LogP contribution in [0.3, 0.4) is 0 Å². The second kappa shape index (κ2) is 6.47. The molecule has 1 aliphatic carbocycles. The first kappa shape index (κ1) is 16.5. The number of nitrogens with two attached hydrogens (primary N) is 1. The van der Waals surface area contributed by atoms with E-state index >= 15 is 0 Å². The third-order valence-corrected chi connectivity index (χ3v) is 5.35. The Morgan fingerprint density at radius 3 is 2.62 bits per heavy atom. The van der Waals surface area contributed by atoms with Crippen LogP contribution in [0.25, 0.3) is 0 Å². The SMILES string of the molecule is Cc1ccc(C)c(C(NN)C2(N(C)C)CCCC(C)C2)c1. The first-order valence-corrected chi connectivity index (χ1v) is 8.11. The average Bonchev–Trinajstić information content (AvgIpc) is 2.43. The minimum atomic E-state index is 0.102. The molecule has 1 fully saturated rings. The van der Waals surface area contributed by atoms with Gasteiger partial charge in [-0.05, 0) is 57.8 Å². The highest BCUT2D eigenvalue weighted by atomic mass is 15.3. The first-order valence-electron chi connectivity index (χ1n) is 8.11. The Kier molecular flexibility index (Phi) is 5.07. The van der Waals surface area contributed by atoms with Crippen molar-refractivity contribution in [3.63, 3.8) is 0 Å². The lowest BCUT2D eigenvalue weighted by Crippen LogP contribution is -2.57. The maximum Gasteiger partial charge on any atom is 0.0646 e. The van der Waals surface area contributed by atoms with Gasteiger partial charge in [-0.3, -0.25) is 11.3 Å². The van der Waals surface area contributed by atoms with Crippen LogP contribution in [0.2, 0.25) is 0 Å². The summed E-state index contributed by atoms with van der Waals surface area (Å²) in [6.07, 6.45) is 5.01. The molecule has 3 N–H and O–H groups in total. The number of hydrazine groups is 1. The molecule has 3 unspecified atom stereocenters. The number of benzene rings is 1. The van der Waals surface area contributed by atoms with E-state index in [-0.39, 0.29) is 11.6 Å². The van der Waals surface area contributed by atoms with Gasteiger partial charge >= 0.3 is 0 Å². The largest absolute Gasteiger partial charge is 0.302 e. The maximum atomic E-state index is 6.05. The molecule has 0 heterocycles. The molecule has 0 amide bonds. The van der Waals surface area contributed by atoms with Gasteiger partial charge in [0.1, 0.15) is 0 Å². The molecule has 0 aromatic heterocycles. The van der Waals surface area contributed by atoms with Crippen LogP contribution in [-0.2, 0) is 0 Å². The van der Waals surface area contributed by atoms with Gasteiger partial charge < -0.3 is 4.90 Å². The molecule has 1 aromatic rings. The van der Waals surface area contributed by atoms with E-state index in [1.807, 2.05) is 0 Å². The van der Waals surface area contributed by atoms with Crippen molar-refractivity contribution in [2.75, 3.05) is 14.1 Å². The Bertz CT molecular complexity index is 483. The molecule has 1 aromatic carbocycles. The van der Waals surface area contributed by atoms with Crippen molar-refractivity contribution in [1.29, 1.82) is 0 Å². The summed E-state index contributed by atoms with van der Waals surface area (Å²) in [4.78, 5) is 2.40. The Morgan fingerprint density at radius 1 is 1.33 bits per heavy atom. The number of likely N-dealkylation sites (N-methyl/N-ethyl adjacent to an activating group) is 1. The number of nitrogens with zero attached hydrogens (tertiary/aromatic N) is 1. The summed E-state index contributed by atoms with van der Waals surface area (Å²) in [6.45, 7) is 6.71. The van der Waals surface area contributed by atoms with Crippen LogP contribution < -0.4 is 11.3 Å². The van der Waals surface area contributed by atoms with Crippen molar-refractivity contribution < 1.29 is 0 Å². The first-order chi connectivity index (χ1) is 9.90. The number of hydrogen-bond acceptors (Lipinski definition) is 3. The van der Waals surface area contributed by atoms with Gasteiger partial charge in [0.05, 0.1) is 6.04 Å². The minimum absolute atomic E-state index is 0.102. The van der Waals surface area contributed by atoms with E-state index in [1.165, 1.54) is 42.4 Å². The number of hydrogen-bond donors (Lipinski definition) is 2. The van der Waals surface area contributed by atoms with Crippen molar-refractivity contribution in [2.24, 2.45) is 11.8 Å². The zero-order chi connectivity index (χ0) is 15.6. The molecule has 0 saturated heterocycles. The molecular formula is C18H31N3. The quantitative estimate of drug-likeness (QED) is 0.660. The molecule has 0 aliphatic heterocycles. The van der Waals surface area contributed by atoms with E-state index < -0.39 is 0 Å². The van der Waals surface area contributed by atoms with Crippen LogP contribution in [-0.4, -0.2) is 24.5 Å². The van der Waals surface area contributed by atoms with Crippen LogP contribution in [0.5, 0.6) is 0 Å². The second-order valence-corrected chi connectivity index (χ2v) is 7.16. The van der Waals surface area contributed by atoms with Crippen molar-refractivity contribution in [3.8, 4) is 0 Å². The van der Waals surface area contributed by atoms with Gasteiger partial charge in [0.25, 0.3) is 0 Å². The molecule has 118 valence electrons. The molecule has 3 nitrogen and oxygen atoms in total. The molecule has 2 rings (SSSR count). The van der Waals surface area contributed by atoms with Gasteiger partial charge in [-0.25, -0.2) is 0 Å². The summed E-state index contributed by atoms with van der Waals surface area (Å²) >= 11 is 0. The van der Waals surface area contributed by atoms with Gasteiger partial charge in [-0.1, -0.05) is 43.5 Å². The lowest BCUT2D eigenvalue weighted by Gasteiger charge is -2.50. The summed E-state index contributed by atoms with van der Waals surface area (Å²) in [6, 6.07) is 6.86. The van der Waals surface area contributed by atoms with Gasteiger partial charge in [0, 0.05) is 5.54 Å². The van der Waals surface area contributed by atoms with Crippen LogP contribution in [0.15, 0.2) is 18.2 Å². The fraction of sp³-hybridized carbons (Fsp3) is 0.667. The van der Waals surface area contributed by atoms with Gasteiger partial charge in [0.2, 0.25) is 0 Å². The normalized spacial score (nSPS) is 27.9. The molecular weight excluding hydrogens is 258 g/mol. The second-order valence-electron chi connectivity index (χ2n) is 7.16. The summed E-state index contributed by atoms with van der Waals surface area (Å²) < 4.78 is 0. The predicted octanol–water partition coefficient (Wildman–Crippen LogP) is 3.32. The van der Waals surface area contributed by atoms with Crippen LogP contribution in [0.1, 0.15) is 55.3 Å². The van der Waals surface area contributed by atoms with Gasteiger partial charge in [-0.2, -0.15) is 0 Å². The van der Waals surface area contributed by atoms with E-state index in [4.69, 9.17) is 5.84 Å². The molecule has 0 radical (unpaired) electrons. The molecule has 21 heavy (non-hydrogen) atoms. The molecule has 1 saturated carbocycles. The average molecular weight is 289 g/mol. The Morgan fingerprint density at radius 2 is 2.05 bits per heavy atom. The minimum Gasteiger partial charge on any atom is -0.302 e. The standard InChI is InChI=1S/C18H31N3/c1-13-8-9-15(3)16(11-13)17(20-19)18(21(4)5)10-6-7-14(2)12-18/h8-9,11,14,17,20H,6-7,10,12,19H2,1-5H3. The van der Waals surface area contributed by atoms with Crippen molar-refractivity contribution >= 4 is 0 Å². The van der Waals surface area contributed by atoms with E-state index in [0.717, 1.165) is 5.92 Å². The fourth-order valence-corrected chi connectivity index (χ4v) is 4.10. The number of aryl methyl sites for hydroxylation is 2. The number of rotatable bonds is 4. The predicted molar refractivity (Wildman–Crippen MR) is 90.0 cm³/mol. The van der Waals surface area contributed by atoms with Crippen LogP contribution in [0.4, 0.5) is 0 Å². The van der Waals surface area contributed by atoms with Crippen LogP contribution >= 0.6 is 0 Å². The monoisotopic (exact) mass is 289 g/mol. The summed E-state index contributed by atoms with van der Waals surface area (Å²) in [5.74, 6) is 6.80. The highest BCUT2D eigenvalue weighted by Gasteiger charge is 2.44. The molecule has 3 atom stereocenters. The maximum absolute atomic E-state index is 6.05. The smallest absolute Gasteiger partial charge is 0.0646 e. The van der Waals surface area contributed by atoms with Crippen molar-refractivity contribution in [2.45, 2.75) is 58.0 Å². The van der Waals surface area contributed by atoms with Crippen molar-refractivity contribution in [3.05, 3.63) is 34.9 Å².